The average Bonchev–Trinajstić information content (AvgIpc) is 2.97. The van der Waals surface area contributed by atoms with E-state index < -0.39 is 0 Å². The van der Waals surface area contributed by atoms with Gasteiger partial charge in [0.1, 0.15) is 0 Å². The largest absolute Gasteiger partial charge is 0.374 e. The number of benzene rings is 1. The molecule has 2 aromatic rings. The molecular weight excluding hydrogens is 280 g/mol. The van der Waals surface area contributed by atoms with Crippen molar-refractivity contribution in [3.63, 3.8) is 0 Å². The summed E-state index contributed by atoms with van der Waals surface area (Å²) in [5.74, 6) is 0. The van der Waals surface area contributed by atoms with Crippen LogP contribution in [-0.4, -0.2) is 44.3 Å². The Morgan fingerprint density at radius 2 is 2.14 bits per heavy atom. The van der Waals surface area contributed by atoms with Crippen LogP contribution in [0.25, 0.3) is 11.1 Å². The molecular formula is C17H22N2OS. The van der Waals surface area contributed by atoms with Crippen LogP contribution in [0, 0.1) is 0 Å². The molecule has 1 N–H and O–H groups in total. The van der Waals surface area contributed by atoms with Crippen molar-refractivity contribution in [3.8, 4) is 11.1 Å². The lowest BCUT2D eigenvalue weighted by Gasteiger charge is -2.30. The van der Waals surface area contributed by atoms with Gasteiger partial charge < -0.3 is 15.0 Å². The molecule has 0 amide bonds. The van der Waals surface area contributed by atoms with E-state index in [1.807, 2.05) is 11.3 Å². The van der Waals surface area contributed by atoms with Crippen molar-refractivity contribution < 1.29 is 4.74 Å². The first kappa shape index (κ1) is 14.7. The fourth-order valence-electron chi connectivity index (χ4n) is 2.60. The van der Waals surface area contributed by atoms with Crippen LogP contribution >= 0.6 is 11.3 Å². The highest BCUT2D eigenvalue weighted by molar-refractivity contribution is 7.10. The van der Waals surface area contributed by atoms with Gasteiger partial charge in [0.05, 0.1) is 12.7 Å². The first-order valence-electron chi connectivity index (χ1n) is 7.45. The number of morpholine rings is 1. The number of hydrogen-bond acceptors (Lipinski definition) is 4. The summed E-state index contributed by atoms with van der Waals surface area (Å²) in [4.78, 5) is 3.70. The van der Waals surface area contributed by atoms with E-state index in [1.54, 1.807) is 0 Å². The lowest BCUT2D eigenvalue weighted by atomic mass is 10.1. The third kappa shape index (κ3) is 4.14. The van der Waals surface area contributed by atoms with Gasteiger partial charge in [-0.2, -0.15) is 0 Å². The van der Waals surface area contributed by atoms with E-state index >= 15 is 0 Å². The lowest BCUT2D eigenvalue weighted by molar-refractivity contribution is -0.0181. The van der Waals surface area contributed by atoms with Crippen LogP contribution in [0.15, 0.2) is 41.8 Å². The summed E-state index contributed by atoms with van der Waals surface area (Å²) in [5.41, 5.74) is 2.60. The first-order chi connectivity index (χ1) is 10.3. The van der Waals surface area contributed by atoms with E-state index in [0.717, 1.165) is 32.8 Å². The molecule has 1 aliphatic heterocycles. The lowest BCUT2D eigenvalue weighted by Crippen LogP contribution is -2.44. The Morgan fingerprint density at radius 1 is 1.29 bits per heavy atom. The zero-order valence-electron chi connectivity index (χ0n) is 12.4. The molecule has 0 bridgehead atoms. The van der Waals surface area contributed by atoms with Crippen molar-refractivity contribution >= 4 is 11.3 Å². The first-order valence-corrected chi connectivity index (χ1v) is 8.33. The maximum atomic E-state index is 5.76. The van der Waals surface area contributed by atoms with Gasteiger partial charge in [0.25, 0.3) is 0 Å². The van der Waals surface area contributed by atoms with E-state index in [1.165, 1.54) is 16.0 Å². The van der Waals surface area contributed by atoms with Crippen molar-refractivity contribution in [2.75, 3.05) is 33.3 Å². The summed E-state index contributed by atoms with van der Waals surface area (Å²) in [5, 5.41) is 5.75. The molecule has 1 fully saturated rings. The second-order valence-corrected chi connectivity index (χ2v) is 6.55. The molecule has 1 atom stereocenters. The molecule has 4 heteroatoms. The number of nitrogens with one attached hydrogen (secondary N) is 1. The minimum atomic E-state index is 0.317. The smallest absolute Gasteiger partial charge is 0.0826 e. The Morgan fingerprint density at radius 3 is 2.95 bits per heavy atom. The van der Waals surface area contributed by atoms with Gasteiger partial charge in [-0.05, 0) is 29.6 Å². The fourth-order valence-corrected chi connectivity index (χ4v) is 3.46. The van der Waals surface area contributed by atoms with E-state index in [4.69, 9.17) is 4.74 Å². The van der Waals surface area contributed by atoms with Crippen LogP contribution in [0.5, 0.6) is 0 Å². The van der Waals surface area contributed by atoms with E-state index in [0.29, 0.717) is 6.10 Å². The van der Waals surface area contributed by atoms with Crippen LogP contribution in [0.2, 0.25) is 0 Å². The molecule has 3 rings (SSSR count). The van der Waals surface area contributed by atoms with E-state index in [2.05, 4.69) is 59.0 Å². The number of likely N-dealkylation sites (N-methyl/N-ethyl adjacent to an activating group) is 1. The van der Waals surface area contributed by atoms with Crippen molar-refractivity contribution in [2.24, 2.45) is 0 Å². The number of ether oxygens (including phenoxy) is 1. The highest BCUT2D eigenvalue weighted by Gasteiger charge is 2.16. The minimum absolute atomic E-state index is 0.317. The van der Waals surface area contributed by atoms with Crippen LogP contribution in [0.3, 0.4) is 0 Å². The monoisotopic (exact) mass is 302 g/mol. The zero-order valence-corrected chi connectivity index (χ0v) is 13.2. The quantitative estimate of drug-likeness (QED) is 0.919. The molecule has 1 aromatic carbocycles. The summed E-state index contributed by atoms with van der Waals surface area (Å²) in [7, 11) is 2.15. The van der Waals surface area contributed by atoms with Crippen LogP contribution in [0.4, 0.5) is 0 Å². The van der Waals surface area contributed by atoms with Crippen molar-refractivity contribution in [2.45, 2.75) is 12.6 Å². The van der Waals surface area contributed by atoms with Gasteiger partial charge in [0.15, 0.2) is 0 Å². The molecule has 21 heavy (non-hydrogen) atoms. The highest BCUT2D eigenvalue weighted by atomic mass is 32.1. The van der Waals surface area contributed by atoms with Gasteiger partial charge in [-0.15, -0.1) is 11.3 Å². The van der Waals surface area contributed by atoms with Crippen molar-refractivity contribution in [1.29, 1.82) is 0 Å². The number of thiophene rings is 1. The number of nitrogens with zero attached hydrogens (tertiary/aromatic N) is 1. The standard InChI is InChI=1S/C17H22N2OS/c1-19-7-8-20-16(12-19)10-18-11-17-9-15(13-21-17)14-5-3-2-4-6-14/h2-6,9,13,16,18H,7-8,10-12H2,1H3. The molecule has 0 saturated carbocycles. The maximum absolute atomic E-state index is 5.76. The van der Waals surface area contributed by atoms with Gasteiger partial charge in [0, 0.05) is 31.1 Å². The van der Waals surface area contributed by atoms with Crippen LogP contribution in [-0.2, 0) is 11.3 Å². The molecule has 3 nitrogen and oxygen atoms in total. The zero-order chi connectivity index (χ0) is 14.5. The summed E-state index contributed by atoms with van der Waals surface area (Å²) >= 11 is 1.82. The van der Waals surface area contributed by atoms with Gasteiger partial charge in [-0.25, -0.2) is 0 Å². The fraction of sp³-hybridized carbons (Fsp3) is 0.412. The molecule has 0 spiro atoms. The summed E-state index contributed by atoms with van der Waals surface area (Å²) < 4.78 is 5.76. The summed E-state index contributed by atoms with van der Waals surface area (Å²) in [6.07, 6.45) is 0.317. The molecule has 2 heterocycles. The maximum Gasteiger partial charge on any atom is 0.0826 e. The van der Waals surface area contributed by atoms with Crippen molar-refractivity contribution in [3.05, 3.63) is 46.7 Å². The third-order valence-corrected chi connectivity index (χ3v) is 4.71. The molecule has 1 unspecified atom stereocenters. The Labute approximate surface area is 130 Å². The van der Waals surface area contributed by atoms with Gasteiger partial charge >= 0.3 is 0 Å². The van der Waals surface area contributed by atoms with Crippen molar-refractivity contribution in [1.82, 2.24) is 10.2 Å². The molecule has 1 aromatic heterocycles. The van der Waals surface area contributed by atoms with Crippen LogP contribution in [0.1, 0.15) is 4.88 Å². The topological polar surface area (TPSA) is 24.5 Å². The summed E-state index contributed by atoms with van der Waals surface area (Å²) in [6, 6.07) is 12.8. The number of rotatable bonds is 5. The highest BCUT2D eigenvalue weighted by Crippen LogP contribution is 2.25. The Balaban J connectivity index is 1.49. The Bertz CT molecular complexity index is 555. The van der Waals surface area contributed by atoms with Gasteiger partial charge in [-0.1, -0.05) is 30.3 Å². The predicted molar refractivity (Wildman–Crippen MR) is 88.7 cm³/mol. The molecule has 112 valence electrons. The summed E-state index contributed by atoms with van der Waals surface area (Å²) in [6.45, 7) is 4.75. The normalized spacial score (nSPS) is 19.8. The second kappa shape index (κ2) is 7.18. The SMILES string of the molecule is CN1CCOC(CNCc2cc(-c3ccccc3)cs2)C1. The van der Waals surface area contributed by atoms with E-state index in [9.17, 15) is 0 Å². The average molecular weight is 302 g/mol. The molecule has 1 saturated heterocycles. The third-order valence-electron chi connectivity index (χ3n) is 3.77. The van der Waals surface area contributed by atoms with E-state index in [-0.39, 0.29) is 0 Å². The molecule has 1 aliphatic rings. The Kier molecular flexibility index (Phi) is 5.04. The van der Waals surface area contributed by atoms with Gasteiger partial charge in [0.2, 0.25) is 0 Å². The molecule has 0 radical (unpaired) electrons. The molecule has 0 aliphatic carbocycles. The van der Waals surface area contributed by atoms with Crippen LogP contribution < -0.4 is 5.32 Å². The number of hydrogen-bond donors (Lipinski definition) is 1. The Hall–Kier alpha value is -1.20. The second-order valence-electron chi connectivity index (χ2n) is 5.55. The predicted octanol–water partition coefficient (Wildman–Crippen LogP) is 2.84. The van der Waals surface area contributed by atoms with Gasteiger partial charge in [-0.3, -0.25) is 0 Å². The minimum Gasteiger partial charge on any atom is -0.374 e.